The highest BCUT2D eigenvalue weighted by atomic mass is 19.3. The van der Waals surface area contributed by atoms with Gasteiger partial charge in [-0.3, -0.25) is 4.90 Å². The second-order valence-corrected chi connectivity index (χ2v) is 6.05. The lowest BCUT2D eigenvalue weighted by molar-refractivity contribution is -0.0512. The highest BCUT2D eigenvalue weighted by Crippen LogP contribution is 2.30. The van der Waals surface area contributed by atoms with Crippen molar-refractivity contribution < 1.29 is 22.7 Å². The maximum atomic E-state index is 12.4. The van der Waals surface area contributed by atoms with Gasteiger partial charge in [0.2, 0.25) is 5.89 Å². The van der Waals surface area contributed by atoms with E-state index in [2.05, 4.69) is 9.72 Å². The minimum absolute atomic E-state index is 0.0166. The minimum atomic E-state index is -2.89. The van der Waals surface area contributed by atoms with Crippen molar-refractivity contribution in [3.63, 3.8) is 0 Å². The van der Waals surface area contributed by atoms with E-state index < -0.39 is 6.61 Å². The van der Waals surface area contributed by atoms with Crippen molar-refractivity contribution in [1.82, 2.24) is 9.88 Å². The summed E-state index contributed by atoms with van der Waals surface area (Å²) in [5.41, 5.74) is 2.63. The quantitative estimate of drug-likeness (QED) is 0.577. The molecule has 0 radical (unpaired) electrons. The van der Waals surface area contributed by atoms with E-state index in [9.17, 15) is 8.78 Å². The van der Waals surface area contributed by atoms with Gasteiger partial charge in [-0.15, -0.1) is 0 Å². The molecule has 0 aliphatic carbocycles. The van der Waals surface area contributed by atoms with E-state index in [1.807, 2.05) is 42.3 Å². The number of aromatic nitrogens is 1. The average molecular weight is 374 g/mol. The fraction of sp³-hybridized carbons (Fsp3) is 0.250. The molecule has 1 aromatic heterocycles. The van der Waals surface area contributed by atoms with Crippen LogP contribution >= 0.6 is 0 Å². The fourth-order valence-corrected chi connectivity index (χ4v) is 2.74. The molecule has 5 nitrogen and oxygen atoms in total. The predicted molar refractivity (Wildman–Crippen MR) is 96.7 cm³/mol. The number of alkyl halides is 2. The Morgan fingerprint density at radius 1 is 1.07 bits per heavy atom. The van der Waals surface area contributed by atoms with E-state index in [0.717, 1.165) is 16.8 Å². The van der Waals surface area contributed by atoms with Crippen molar-refractivity contribution >= 4 is 0 Å². The lowest BCUT2D eigenvalue weighted by Crippen LogP contribution is -2.17. The summed E-state index contributed by atoms with van der Waals surface area (Å²) in [4.78, 5) is 6.54. The number of ether oxygens (including phenoxy) is 2. The van der Waals surface area contributed by atoms with Crippen molar-refractivity contribution in [2.24, 2.45) is 0 Å². The summed E-state index contributed by atoms with van der Waals surface area (Å²) in [7, 11) is 3.36. The van der Waals surface area contributed by atoms with Crippen LogP contribution in [0.1, 0.15) is 11.3 Å². The molecule has 0 unspecified atom stereocenters. The first kappa shape index (κ1) is 18.8. The normalized spacial score (nSPS) is 11.2. The van der Waals surface area contributed by atoms with Gasteiger partial charge in [-0.2, -0.15) is 8.78 Å². The number of hydrogen-bond donors (Lipinski definition) is 0. The second-order valence-electron chi connectivity index (χ2n) is 6.05. The Hall–Kier alpha value is -2.93. The first-order chi connectivity index (χ1) is 13.0. The van der Waals surface area contributed by atoms with Crippen LogP contribution in [0.4, 0.5) is 8.78 Å². The summed E-state index contributed by atoms with van der Waals surface area (Å²) < 4.78 is 39.9. The Kier molecular flexibility index (Phi) is 6.03. The number of nitrogens with zero attached hydrogens (tertiary/aromatic N) is 2. The van der Waals surface area contributed by atoms with E-state index in [1.165, 1.54) is 13.2 Å². The fourth-order valence-electron chi connectivity index (χ4n) is 2.74. The van der Waals surface area contributed by atoms with E-state index >= 15 is 0 Å². The van der Waals surface area contributed by atoms with Crippen LogP contribution in [0.3, 0.4) is 0 Å². The van der Waals surface area contributed by atoms with Crippen LogP contribution in [-0.4, -0.2) is 30.7 Å². The molecule has 0 bridgehead atoms. The van der Waals surface area contributed by atoms with Crippen LogP contribution in [0.2, 0.25) is 0 Å². The van der Waals surface area contributed by atoms with Gasteiger partial charge in [-0.1, -0.05) is 24.3 Å². The van der Waals surface area contributed by atoms with E-state index in [-0.39, 0.29) is 11.5 Å². The van der Waals surface area contributed by atoms with Crippen molar-refractivity contribution in [2.45, 2.75) is 19.7 Å². The van der Waals surface area contributed by atoms with Crippen molar-refractivity contribution in [3.05, 3.63) is 66.1 Å². The van der Waals surface area contributed by atoms with Gasteiger partial charge in [0, 0.05) is 18.7 Å². The average Bonchev–Trinajstić information content (AvgIpc) is 3.11. The zero-order valence-electron chi connectivity index (χ0n) is 15.1. The smallest absolute Gasteiger partial charge is 0.387 e. The molecule has 0 aliphatic rings. The third-order valence-corrected chi connectivity index (χ3v) is 3.90. The van der Waals surface area contributed by atoms with Crippen LogP contribution < -0.4 is 9.47 Å². The van der Waals surface area contributed by atoms with Crippen molar-refractivity contribution in [1.29, 1.82) is 0 Å². The number of benzene rings is 2. The molecule has 27 heavy (non-hydrogen) atoms. The van der Waals surface area contributed by atoms with Gasteiger partial charge in [0.1, 0.15) is 6.26 Å². The molecule has 0 amide bonds. The molecule has 0 fully saturated rings. The Morgan fingerprint density at radius 3 is 2.56 bits per heavy atom. The van der Waals surface area contributed by atoms with Crippen LogP contribution in [0.5, 0.6) is 11.5 Å². The second kappa shape index (κ2) is 8.64. The topological polar surface area (TPSA) is 47.7 Å². The molecule has 3 aromatic rings. The number of rotatable bonds is 8. The minimum Gasteiger partial charge on any atom is -0.493 e. The van der Waals surface area contributed by atoms with Gasteiger partial charge in [-0.05, 0) is 36.9 Å². The monoisotopic (exact) mass is 374 g/mol. The molecule has 142 valence electrons. The summed E-state index contributed by atoms with van der Waals surface area (Å²) in [6, 6.07) is 14.6. The standard InChI is InChI=1S/C20H20F2N2O3/c1-24(11-14-8-9-17(27-20(21)22)18(10-14)25-2)12-16-13-26-19(23-16)15-6-4-3-5-7-15/h3-10,13,20H,11-12H2,1-2H3. The summed E-state index contributed by atoms with van der Waals surface area (Å²) >= 11 is 0. The van der Waals surface area contributed by atoms with Crippen LogP contribution in [0, 0.1) is 0 Å². The molecular weight excluding hydrogens is 354 g/mol. The maximum absolute atomic E-state index is 12.4. The van der Waals surface area contributed by atoms with Gasteiger partial charge >= 0.3 is 6.61 Å². The summed E-state index contributed by atoms with van der Waals surface area (Å²) in [6.07, 6.45) is 1.64. The number of hydrogen-bond acceptors (Lipinski definition) is 5. The molecule has 3 rings (SSSR count). The summed E-state index contributed by atoms with van der Waals surface area (Å²) in [5, 5.41) is 0. The van der Waals surface area contributed by atoms with Gasteiger partial charge in [0.05, 0.1) is 12.8 Å². The highest BCUT2D eigenvalue weighted by molar-refractivity contribution is 5.52. The first-order valence-electron chi connectivity index (χ1n) is 8.35. The zero-order valence-corrected chi connectivity index (χ0v) is 15.1. The lowest BCUT2D eigenvalue weighted by atomic mass is 10.2. The molecule has 0 aliphatic heterocycles. The third-order valence-electron chi connectivity index (χ3n) is 3.90. The molecule has 0 N–H and O–H groups in total. The molecular formula is C20H20F2N2O3. The van der Waals surface area contributed by atoms with Gasteiger partial charge in [0.25, 0.3) is 0 Å². The SMILES string of the molecule is COc1cc(CN(C)Cc2coc(-c3ccccc3)n2)ccc1OC(F)F. The molecule has 0 saturated carbocycles. The van der Waals surface area contributed by atoms with Crippen molar-refractivity contribution in [2.75, 3.05) is 14.2 Å². The largest absolute Gasteiger partial charge is 0.493 e. The number of halogens is 2. The van der Waals surface area contributed by atoms with E-state index in [0.29, 0.717) is 19.0 Å². The molecule has 0 saturated heterocycles. The molecule has 1 heterocycles. The predicted octanol–water partition coefficient (Wildman–Crippen LogP) is 4.58. The van der Waals surface area contributed by atoms with Gasteiger partial charge in [0.15, 0.2) is 11.5 Å². The van der Waals surface area contributed by atoms with E-state index in [4.69, 9.17) is 9.15 Å². The number of methoxy groups -OCH3 is 1. The van der Waals surface area contributed by atoms with Gasteiger partial charge < -0.3 is 13.9 Å². The van der Waals surface area contributed by atoms with E-state index in [1.54, 1.807) is 18.4 Å². The lowest BCUT2D eigenvalue weighted by Gasteiger charge is -2.17. The van der Waals surface area contributed by atoms with Gasteiger partial charge in [-0.25, -0.2) is 4.98 Å². The molecule has 7 heteroatoms. The van der Waals surface area contributed by atoms with Crippen molar-refractivity contribution in [3.8, 4) is 23.0 Å². The Morgan fingerprint density at radius 2 is 1.85 bits per heavy atom. The number of oxazole rings is 1. The molecule has 0 spiro atoms. The molecule has 0 atom stereocenters. The maximum Gasteiger partial charge on any atom is 0.387 e. The third kappa shape index (κ3) is 5.04. The first-order valence-corrected chi connectivity index (χ1v) is 8.35. The molecule has 2 aromatic carbocycles. The highest BCUT2D eigenvalue weighted by Gasteiger charge is 2.13. The summed E-state index contributed by atoms with van der Waals surface area (Å²) in [6.45, 7) is -1.73. The Balaban J connectivity index is 1.64. The van der Waals surface area contributed by atoms with Crippen LogP contribution in [0.15, 0.2) is 59.2 Å². The van der Waals surface area contributed by atoms with Crippen LogP contribution in [0.25, 0.3) is 11.5 Å². The zero-order chi connectivity index (χ0) is 19.2. The Bertz CT molecular complexity index is 869. The van der Waals surface area contributed by atoms with Crippen LogP contribution in [-0.2, 0) is 13.1 Å². The Labute approximate surface area is 156 Å². The summed E-state index contributed by atoms with van der Waals surface area (Å²) in [5.74, 6) is 0.867.